The van der Waals surface area contributed by atoms with Crippen LogP contribution in [-0.4, -0.2) is 40.3 Å². The molecule has 3 aromatic rings. The fourth-order valence-corrected chi connectivity index (χ4v) is 5.09. The Kier molecular flexibility index (Phi) is 7.51. The van der Waals surface area contributed by atoms with E-state index in [9.17, 15) is 23.6 Å². The van der Waals surface area contributed by atoms with E-state index in [1.807, 2.05) is 0 Å². The van der Waals surface area contributed by atoms with Crippen molar-refractivity contribution < 1.29 is 23.1 Å². The van der Waals surface area contributed by atoms with Crippen molar-refractivity contribution in [3.8, 4) is 23.1 Å². The molecular weight excluding hydrogens is 530 g/mol. The van der Waals surface area contributed by atoms with Gasteiger partial charge in [0.25, 0.3) is 5.91 Å². The van der Waals surface area contributed by atoms with Crippen molar-refractivity contribution in [2.75, 3.05) is 24.2 Å². The van der Waals surface area contributed by atoms with Gasteiger partial charge in [-0.3, -0.25) is 9.59 Å². The number of carbonyl (C=O) groups excluding carboxylic acids is 2. The van der Waals surface area contributed by atoms with Crippen molar-refractivity contribution in [3.05, 3.63) is 77.6 Å². The van der Waals surface area contributed by atoms with Gasteiger partial charge in [-0.2, -0.15) is 5.26 Å². The first-order valence-corrected chi connectivity index (χ1v) is 13.1. The SMILES string of the molecule is C=CC(=O)[C@@]1(COc2c(N)ncnc2-c2cc(F)cc(NC(=O)c3ccc(C4CC4)cc3F)c2C)C[C@@H](C#N)CN1. The standard InChI is InChI=1S/C30H28F2N6O3/c1-3-25(39)30(11-17(12-33)13-37-30)14-41-27-26(35-15-36-28(27)34)22-9-20(31)10-24(16(22)2)38-29(40)21-7-6-19(8-23(21)32)18-4-5-18/h3,6-10,15,17-18,37H,1,4-5,11,13-14H2,2H3,(H,38,40)(H2,34,35,36)/t17-,30-/m0/s1. The van der Waals surface area contributed by atoms with E-state index in [4.69, 9.17) is 10.5 Å². The maximum absolute atomic E-state index is 14.9. The second-order valence-electron chi connectivity index (χ2n) is 10.4. The number of aromatic nitrogens is 2. The van der Waals surface area contributed by atoms with Crippen LogP contribution < -0.4 is 21.1 Å². The number of halogens is 2. The number of nitrogens with two attached hydrogens (primary N) is 1. The molecule has 0 bridgehead atoms. The Hall–Kier alpha value is -4.69. The topological polar surface area (TPSA) is 143 Å². The van der Waals surface area contributed by atoms with Crippen LogP contribution in [0.5, 0.6) is 5.75 Å². The Morgan fingerprint density at radius 1 is 1.29 bits per heavy atom. The fourth-order valence-electron chi connectivity index (χ4n) is 5.09. The lowest BCUT2D eigenvalue weighted by molar-refractivity contribution is -0.121. The molecule has 1 aliphatic carbocycles. The van der Waals surface area contributed by atoms with Gasteiger partial charge in [0.05, 0.1) is 17.6 Å². The van der Waals surface area contributed by atoms with Crippen LogP contribution in [0.3, 0.4) is 0 Å². The molecule has 0 radical (unpaired) electrons. The van der Waals surface area contributed by atoms with Crippen molar-refractivity contribution >= 4 is 23.2 Å². The molecule has 5 rings (SSSR count). The Balaban J connectivity index is 1.45. The Morgan fingerprint density at radius 2 is 2.07 bits per heavy atom. The maximum Gasteiger partial charge on any atom is 0.258 e. The molecular formula is C30H28F2N6O3. The summed E-state index contributed by atoms with van der Waals surface area (Å²) in [6, 6.07) is 9.01. The number of anilines is 2. The Bertz CT molecular complexity index is 1600. The molecule has 1 saturated carbocycles. The van der Waals surface area contributed by atoms with E-state index in [1.54, 1.807) is 13.0 Å². The van der Waals surface area contributed by atoms with E-state index in [1.165, 1.54) is 24.5 Å². The number of nitrogen functional groups attached to an aromatic ring is 1. The summed E-state index contributed by atoms with van der Waals surface area (Å²) < 4.78 is 35.7. The van der Waals surface area contributed by atoms with Crippen LogP contribution in [0.15, 0.2) is 49.3 Å². The highest BCUT2D eigenvalue weighted by Gasteiger charge is 2.45. The van der Waals surface area contributed by atoms with E-state index in [-0.39, 0.29) is 52.9 Å². The predicted octanol–water partition coefficient (Wildman–Crippen LogP) is 4.45. The minimum Gasteiger partial charge on any atom is -0.485 e. The zero-order valence-electron chi connectivity index (χ0n) is 22.3. The van der Waals surface area contributed by atoms with Gasteiger partial charge in [0.15, 0.2) is 17.4 Å². The number of nitrogens with zero attached hydrogens (tertiary/aromatic N) is 3. The number of nitriles is 1. The summed E-state index contributed by atoms with van der Waals surface area (Å²) in [7, 11) is 0. The monoisotopic (exact) mass is 558 g/mol. The lowest BCUT2D eigenvalue weighted by Gasteiger charge is -2.27. The quantitative estimate of drug-likeness (QED) is 0.327. The first-order chi connectivity index (χ1) is 19.7. The number of amides is 1. The van der Waals surface area contributed by atoms with Crippen LogP contribution >= 0.6 is 0 Å². The summed E-state index contributed by atoms with van der Waals surface area (Å²) in [5.41, 5.74) is 6.49. The second kappa shape index (κ2) is 11.1. The summed E-state index contributed by atoms with van der Waals surface area (Å²) in [6.45, 7) is 5.28. The minimum absolute atomic E-state index is 0.00127. The predicted molar refractivity (Wildman–Crippen MR) is 148 cm³/mol. The number of carbonyl (C=O) groups is 2. The lowest BCUT2D eigenvalue weighted by Crippen LogP contribution is -2.51. The molecule has 2 atom stereocenters. The molecule has 2 fully saturated rings. The largest absolute Gasteiger partial charge is 0.485 e. The molecule has 210 valence electrons. The van der Waals surface area contributed by atoms with Crippen molar-refractivity contribution in [1.82, 2.24) is 15.3 Å². The van der Waals surface area contributed by atoms with Gasteiger partial charge in [0.1, 0.15) is 35.8 Å². The van der Waals surface area contributed by atoms with Crippen LogP contribution in [0.4, 0.5) is 20.3 Å². The molecule has 11 heteroatoms. The first-order valence-electron chi connectivity index (χ1n) is 13.1. The molecule has 1 saturated heterocycles. The average Bonchev–Trinajstić information content (AvgIpc) is 3.73. The van der Waals surface area contributed by atoms with E-state index in [2.05, 4.69) is 33.2 Å². The van der Waals surface area contributed by atoms with Gasteiger partial charge in [-0.05, 0) is 73.6 Å². The van der Waals surface area contributed by atoms with Crippen LogP contribution in [0, 0.1) is 35.8 Å². The first kappa shape index (κ1) is 27.9. The molecule has 1 aliphatic heterocycles. The van der Waals surface area contributed by atoms with E-state index in [0.717, 1.165) is 30.5 Å². The zero-order valence-corrected chi connectivity index (χ0v) is 22.3. The molecule has 0 spiro atoms. The number of hydrogen-bond acceptors (Lipinski definition) is 8. The van der Waals surface area contributed by atoms with Crippen molar-refractivity contribution in [2.24, 2.45) is 5.92 Å². The molecule has 2 heterocycles. The van der Waals surface area contributed by atoms with Gasteiger partial charge in [0.2, 0.25) is 0 Å². The third-order valence-electron chi connectivity index (χ3n) is 7.58. The Labute approximate surface area is 235 Å². The number of rotatable bonds is 9. The van der Waals surface area contributed by atoms with Gasteiger partial charge in [-0.15, -0.1) is 0 Å². The maximum atomic E-state index is 14.9. The molecule has 41 heavy (non-hydrogen) atoms. The lowest BCUT2D eigenvalue weighted by atomic mass is 9.89. The van der Waals surface area contributed by atoms with E-state index >= 15 is 0 Å². The highest BCUT2D eigenvalue weighted by molar-refractivity contribution is 6.05. The summed E-state index contributed by atoms with van der Waals surface area (Å²) in [5, 5.41) is 15.0. The van der Waals surface area contributed by atoms with Gasteiger partial charge in [-0.25, -0.2) is 18.7 Å². The normalized spacial score (nSPS) is 19.8. The van der Waals surface area contributed by atoms with Crippen molar-refractivity contribution in [2.45, 2.75) is 37.6 Å². The summed E-state index contributed by atoms with van der Waals surface area (Å²) in [5.74, 6) is -2.56. The molecule has 4 N–H and O–H groups in total. The van der Waals surface area contributed by atoms with Crippen LogP contribution in [0.2, 0.25) is 0 Å². The second-order valence-corrected chi connectivity index (χ2v) is 10.4. The zero-order chi connectivity index (χ0) is 29.3. The Morgan fingerprint density at radius 3 is 2.73 bits per heavy atom. The van der Waals surface area contributed by atoms with E-state index in [0.29, 0.717) is 18.0 Å². The van der Waals surface area contributed by atoms with Crippen molar-refractivity contribution in [3.63, 3.8) is 0 Å². The number of ether oxygens (including phenoxy) is 1. The number of ketones is 1. The minimum atomic E-state index is -1.21. The third kappa shape index (κ3) is 5.51. The smallest absolute Gasteiger partial charge is 0.258 e. The molecule has 0 unspecified atom stereocenters. The van der Waals surface area contributed by atoms with Gasteiger partial charge in [-0.1, -0.05) is 12.6 Å². The highest BCUT2D eigenvalue weighted by atomic mass is 19.1. The number of hydrogen-bond donors (Lipinski definition) is 3. The van der Waals surface area contributed by atoms with E-state index < -0.39 is 29.0 Å². The molecule has 2 aliphatic rings. The van der Waals surface area contributed by atoms with Crippen LogP contribution in [0.25, 0.3) is 11.3 Å². The van der Waals surface area contributed by atoms with Gasteiger partial charge < -0.3 is 21.1 Å². The van der Waals surface area contributed by atoms with Gasteiger partial charge in [0, 0.05) is 17.8 Å². The summed E-state index contributed by atoms with van der Waals surface area (Å²) in [4.78, 5) is 34.0. The molecule has 1 amide bonds. The number of nitrogens with one attached hydrogen (secondary N) is 2. The summed E-state index contributed by atoms with van der Waals surface area (Å²) in [6.07, 6.45) is 4.54. The molecule has 1 aromatic heterocycles. The van der Waals surface area contributed by atoms with Crippen LogP contribution in [0.1, 0.15) is 46.7 Å². The average molecular weight is 559 g/mol. The van der Waals surface area contributed by atoms with Gasteiger partial charge >= 0.3 is 0 Å². The molecule has 9 nitrogen and oxygen atoms in total. The highest BCUT2D eigenvalue weighted by Crippen LogP contribution is 2.41. The van der Waals surface area contributed by atoms with Crippen molar-refractivity contribution in [1.29, 1.82) is 5.26 Å². The molecule has 2 aromatic carbocycles. The summed E-state index contributed by atoms with van der Waals surface area (Å²) >= 11 is 0. The fraction of sp³-hybridized carbons (Fsp3) is 0.300. The number of benzene rings is 2. The van der Waals surface area contributed by atoms with Crippen LogP contribution in [-0.2, 0) is 4.79 Å². The third-order valence-corrected chi connectivity index (χ3v) is 7.58.